The van der Waals surface area contributed by atoms with Gasteiger partial charge >= 0.3 is 115 Å². The fraction of sp³-hybridized carbons (Fsp3) is 0.278. The van der Waals surface area contributed by atoms with Crippen LogP contribution in [0.2, 0.25) is 0 Å². The summed E-state index contributed by atoms with van der Waals surface area (Å²) in [4.78, 5) is 41.4. The number of benzene rings is 2. The quantitative estimate of drug-likeness (QED) is 0.0617. The number of halogens is 1. The van der Waals surface area contributed by atoms with Gasteiger partial charge in [-0.1, -0.05) is 73.6 Å². The van der Waals surface area contributed by atoms with Crippen LogP contribution in [-0.4, -0.2) is 47.7 Å². The number of carbonyl (C=O) groups excluding carboxylic acids is 3. The van der Waals surface area contributed by atoms with Gasteiger partial charge in [-0.15, -0.1) is 0 Å². The molecule has 2 aromatic carbocycles. The van der Waals surface area contributed by atoms with Crippen molar-refractivity contribution in [3.63, 3.8) is 0 Å². The molecule has 2 heterocycles. The summed E-state index contributed by atoms with van der Waals surface area (Å²) in [7, 11) is 2.67. The number of carbonyl (C=O) groups is 3. The summed E-state index contributed by atoms with van der Waals surface area (Å²) in [6.07, 6.45) is 5.22. The summed E-state index contributed by atoms with van der Waals surface area (Å²) in [5.41, 5.74) is 4.98. The van der Waals surface area contributed by atoms with Gasteiger partial charge in [0.2, 0.25) is 0 Å². The van der Waals surface area contributed by atoms with E-state index in [1.54, 1.807) is 42.7 Å². The third-order valence-electron chi connectivity index (χ3n) is 5.66. The van der Waals surface area contributed by atoms with Gasteiger partial charge in [0.15, 0.2) is 0 Å². The molecule has 4 rings (SSSR count). The van der Waals surface area contributed by atoms with Gasteiger partial charge < -0.3 is 30.9 Å². The Kier molecular flexibility index (Phi) is 39.7. The Balaban J connectivity index is -0.000000199. The van der Waals surface area contributed by atoms with Crippen LogP contribution < -0.4 is 113 Å². The van der Waals surface area contributed by atoms with E-state index < -0.39 is 11.9 Å². The monoisotopic (exact) mass is 819 g/mol. The molecule has 0 atom stereocenters. The molecule has 0 bridgehead atoms. The second-order valence-electron chi connectivity index (χ2n) is 8.95. The average molecular weight is 821 g/mol. The predicted molar refractivity (Wildman–Crippen MR) is 188 cm³/mol. The van der Waals surface area contributed by atoms with Gasteiger partial charge in [-0.25, -0.2) is 19.6 Å². The zero-order valence-electron chi connectivity index (χ0n) is 30.4. The summed E-state index contributed by atoms with van der Waals surface area (Å²) in [6.45, 7) is 5.84. The minimum absolute atomic E-state index is 0. The third-order valence-corrected chi connectivity index (χ3v) is 6.31. The van der Waals surface area contributed by atoms with Gasteiger partial charge in [0.05, 0.1) is 20.3 Å². The van der Waals surface area contributed by atoms with Crippen LogP contribution in [0, 0.1) is 11.3 Å². The van der Waals surface area contributed by atoms with Crippen molar-refractivity contribution in [1.82, 2.24) is 9.97 Å². The molecule has 0 amide bonds. The summed E-state index contributed by atoms with van der Waals surface area (Å²) < 4.78 is 14.8. The molecule has 15 heteroatoms. The number of nitrogens with zero attached hydrogens (tertiary/aromatic N) is 3. The minimum atomic E-state index is -0.437. The van der Waals surface area contributed by atoms with Crippen LogP contribution in [0.4, 0.5) is 0 Å². The molecule has 0 aliphatic heterocycles. The minimum Gasteiger partial charge on any atom is -1.00 e. The Morgan fingerprint density at radius 2 is 1.31 bits per heavy atom. The fourth-order valence-corrected chi connectivity index (χ4v) is 3.59. The number of alkyl halides is 1. The second-order valence-corrected chi connectivity index (χ2v) is 9.51. The maximum Gasteiger partial charge on any atom is 1.00 e. The Morgan fingerprint density at radius 1 is 0.863 bits per heavy atom. The first-order chi connectivity index (χ1) is 23.2. The molecule has 0 aliphatic rings. The van der Waals surface area contributed by atoms with E-state index in [9.17, 15) is 9.59 Å². The number of aryl methyl sites for hydroxylation is 2. The smallest absolute Gasteiger partial charge is 1.00 e. The van der Waals surface area contributed by atoms with Crippen molar-refractivity contribution in [2.45, 2.75) is 53.0 Å². The number of pyridine rings is 2. The van der Waals surface area contributed by atoms with Crippen molar-refractivity contribution < 1.29 is 148 Å². The van der Waals surface area contributed by atoms with E-state index in [1.807, 2.05) is 42.5 Å². The normalized spacial score (nSPS) is 8.43. The maximum atomic E-state index is 11.3. The average Bonchev–Trinajstić information content (AvgIpc) is 3.14. The second kappa shape index (κ2) is 36.3. The van der Waals surface area contributed by atoms with Crippen molar-refractivity contribution in [2.75, 3.05) is 14.2 Å². The Bertz CT molecular complexity index is 1550. The van der Waals surface area contributed by atoms with Gasteiger partial charge in [-0.3, -0.25) is 4.79 Å². The number of nitriles is 1. The first-order valence-corrected chi connectivity index (χ1v) is 15.4. The van der Waals surface area contributed by atoms with Crippen LogP contribution in [-0.2, 0) is 43.9 Å². The Morgan fingerprint density at radius 3 is 1.67 bits per heavy atom. The van der Waals surface area contributed by atoms with Crippen molar-refractivity contribution in [1.29, 1.82) is 5.26 Å². The molecule has 12 nitrogen and oxygen atoms in total. The molecular formula is C36H44BrK2N3O9. The fourth-order valence-electron chi connectivity index (χ4n) is 3.26. The number of phenolic OH excluding ortho intramolecular Hbond substituents is 1. The van der Waals surface area contributed by atoms with E-state index in [0.717, 1.165) is 35.0 Å². The van der Waals surface area contributed by atoms with Gasteiger partial charge in [0.1, 0.15) is 29.5 Å². The van der Waals surface area contributed by atoms with Crippen LogP contribution in [0.1, 0.15) is 72.9 Å². The molecular weight excluding hydrogens is 777 g/mol. The van der Waals surface area contributed by atoms with E-state index in [1.165, 1.54) is 32.3 Å². The first kappa shape index (κ1) is 55.7. The maximum absolute atomic E-state index is 11.3. The Hall–Kier alpha value is -2.05. The van der Waals surface area contributed by atoms with E-state index >= 15 is 0 Å². The molecule has 0 saturated heterocycles. The number of ether oxygens (including phenoxy) is 3. The zero-order chi connectivity index (χ0) is 36.2. The van der Waals surface area contributed by atoms with Crippen LogP contribution >= 0.6 is 15.9 Å². The van der Waals surface area contributed by atoms with E-state index in [0.29, 0.717) is 23.7 Å². The van der Waals surface area contributed by atoms with Gasteiger partial charge in [0.25, 0.3) is 6.47 Å². The third kappa shape index (κ3) is 26.4. The summed E-state index contributed by atoms with van der Waals surface area (Å²) in [5, 5.41) is 25.4. The number of aromatic nitrogens is 2. The number of hydrogen-bond donors (Lipinski definition) is 1. The molecule has 0 spiro atoms. The van der Waals surface area contributed by atoms with Crippen molar-refractivity contribution in [2.24, 2.45) is 0 Å². The van der Waals surface area contributed by atoms with Crippen LogP contribution in [0.3, 0.4) is 0 Å². The number of hydrogen-bond acceptors (Lipinski definition) is 12. The number of phenols is 1. The molecule has 0 saturated carbocycles. The number of rotatable bonds is 9. The van der Waals surface area contributed by atoms with E-state index in [2.05, 4.69) is 60.2 Å². The Labute approximate surface area is 395 Å². The molecule has 0 unspecified atom stereocenters. The summed E-state index contributed by atoms with van der Waals surface area (Å²) >= 11 is 3.28. The predicted octanol–water partition coefficient (Wildman–Crippen LogP) is 0.448. The van der Waals surface area contributed by atoms with E-state index in [4.69, 9.17) is 25.2 Å². The van der Waals surface area contributed by atoms with Gasteiger partial charge in [-0.2, -0.15) is 5.26 Å². The zero-order valence-corrected chi connectivity index (χ0v) is 37.3. The van der Waals surface area contributed by atoms with Crippen molar-refractivity contribution in [3.8, 4) is 17.6 Å². The molecule has 266 valence electrons. The van der Waals surface area contributed by atoms with Crippen molar-refractivity contribution >= 4 is 34.3 Å². The SMILES string of the molecule is C.CC#N.CCc1cccc(O)c1.CCc1cccc(OCc2ccc(C(=O)OC)nc2)c1.COC(=O)c1ccc(CBr)cn1.O=CO[O-].[H-].[K+].[K+]. The molecule has 1 N–H and O–H groups in total. The van der Waals surface area contributed by atoms with Gasteiger partial charge in [0, 0.05) is 30.2 Å². The summed E-state index contributed by atoms with van der Waals surface area (Å²) in [6, 6.07) is 24.0. The molecule has 2 aromatic heterocycles. The van der Waals surface area contributed by atoms with Crippen LogP contribution in [0.25, 0.3) is 0 Å². The van der Waals surface area contributed by atoms with Crippen molar-refractivity contribution in [3.05, 3.63) is 119 Å². The molecule has 0 fully saturated rings. The first-order valence-electron chi connectivity index (χ1n) is 14.3. The number of esters is 2. The van der Waals surface area contributed by atoms with Crippen LogP contribution in [0.5, 0.6) is 11.5 Å². The van der Waals surface area contributed by atoms with Gasteiger partial charge in [-0.05, 0) is 65.9 Å². The number of aromatic hydroxyl groups is 1. The van der Waals surface area contributed by atoms with E-state index in [-0.39, 0.29) is 118 Å². The van der Waals surface area contributed by atoms with Crippen LogP contribution in [0.15, 0.2) is 85.2 Å². The topological polar surface area (TPSA) is 181 Å². The largest absolute Gasteiger partial charge is 1.00 e. The standard InChI is InChI=1S/C16H17NO3.C8H8BrNO2.C8H10O.C2H3N.CH2O3.CH4.2K.H/c1-3-12-5-4-6-14(9-12)20-11-13-7-8-15(17-10-13)16(18)19-2;1-12-8(11)7-3-2-6(4-9)5-10-7;1-2-7-4-3-5-8(9)6-7;1-2-3;2-1-4-3;;;;/h4-10H,3,11H2,1-2H3;2-3,5H,4H2,1H3;3-6,9H,2H2,1H3;1H3;1,3H;1H4;;;/q;;;;;;2*+1;-1/p-1. The molecule has 0 radical (unpaired) electrons. The summed E-state index contributed by atoms with van der Waals surface area (Å²) in [5.74, 6) is 0.347. The molecule has 51 heavy (non-hydrogen) atoms. The molecule has 0 aliphatic carbocycles. The molecule has 4 aromatic rings. The number of methoxy groups -OCH3 is 2.